The molecule has 0 aromatic carbocycles. The lowest BCUT2D eigenvalue weighted by Gasteiger charge is -2.05. The molecule has 0 amide bonds. The topological polar surface area (TPSA) is 140 Å². The maximum absolute atomic E-state index is 11.0. The Morgan fingerprint density at radius 2 is 2.13 bits per heavy atom. The Balaban J connectivity index is 3.03. The van der Waals surface area contributed by atoms with E-state index < -0.39 is 28.3 Å². The lowest BCUT2D eigenvalue weighted by atomic mass is 10.8. The first-order chi connectivity index (χ1) is 6.93. The van der Waals surface area contributed by atoms with Gasteiger partial charge in [0.25, 0.3) is 0 Å². The third-order valence-electron chi connectivity index (χ3n) is 1.53. The molecule has 15 heavy (non-hydrogen) atoms. The van der Waals surface area contributed by atoms with Crippen molar-refractivity contribution in [3.8, 4) is 0 Å². The van der Waals surface area contributed by atoms with Crippen molar-refractivity contribution >= 4 is 5.95 Å². The van der Waals surface area contributed by atoms with Crippen LogP contribution >= 0.6 is 0 Å². The van der Waals surface area contributed by atoms with Gasteiger partial charge in [-0.05, 0) is 4.92 Å². The Labute approximate surface area is 81.2 Å². The highest BCUT2D eigenvalue weighted by atomic mass is 16.7. The van der Waals surface area contributed by atoms with Gasteiger partial charge in [0.15, 0.2) is 5.03 Å². The van der Waals surface area contributed by atoms with E-state index in [1.165, 1.54) is 0 Å². The van der Waals surface area contributed by atoms with E-state index in [0.29, 0.717) is 9.58 Å². The smallest absolute Gasteiger partial charge is 0.390 e. The molecular formula is C4H6N6O5. The summed E-state index contributed by atoms with van der Waals surface area (Å²) in [6.45, 7) is -0.557. The standard InChI is InChI=1S/C4H6N6O5/c1-7(10(14)15)2-8-3(9(12)13)5-6-4(8)11/h2H2,1H3,(H,6,11). The van der Waals surface area contributed by atoms with Crippen molar-refractivity contribution in [1.82, 2.24) is 19.8 Å². The normalized spacial score (nSPS) is 9.93. The van der Waals surface area contributed by atoms with Crippen LogP contribution < -0.4 is 5.69 Å². The Kier molecular flexibility index (Phi) is 2.64. The van der Waals surface area contributed by atoms with Gasteiger partial charge in [-0.1, -0.05) is 5.01 Å². The summed E-state index contributed by atoms with van der Waals surface area (Å²) in [7, 11) is 1.07. The molecule has 0 aliphatic heterocycles. The zero-order valence-electron chi connectivity index (χ0n) is 7.48. The van der Waals surface area contributed by atoms with Crippen molar-refractivity contribution in [1.29, 1.82) is 0 Å². The third kappa shape index (κ3) is 2.07. The van der Waals surface area contributed by atoms with Gasteiger partial charge in [0.05, 0.1) is 7.05 Å². The Morgan fingerprint density at radius 1 is 1.53 bits per heavy atom. The van der Waals surface area contributed by atoms with Crippen molar-refractivity contribution in [2.75, 3.05) is 7.05 Å². The predicted octanol–water partition coefficient (Wildman–Crippen LogP) is -1.44. The van der Waals surface area contributed by atoms with Gasteiger partial charge in [0, 0.05) is 5.10 Å². The Bertz CT molecular complexity index is 447. The fourth-order valence-electron chi connectivity index (χ4n) is 0.833. The molecule has 0 radical (unpaired) electrons. The van der Waals surface area contributed by atoms with Gasteiger partial charge in [-0.3, -0.25) is 0 Å². The molecule has 82 valence electrons. The second-order valence-corrected chi connectivity index (χ2v) is 2.55. The average molecular weight is 218 g/mol. The molecule has 1 aromatic rings. The van der Waals surface area contributed by atoms with E-state index in [9.17, 15) is 25.0 Å². The van der Waals surface area contributed by atoms with Crippen LogP contribution in [0, 0.1) is 20.2 Å². The van der Waals surface area contributed by atoms with Gasteiger partial charge in [0.1, 0.15) is 0 Å². The minimum atomic E-state index is -0.911. The second kappa shape index (κ2) is 3.73. The lowest BCUT2D eigenvalue weighted by molar-refractivity contribution is -0.656. The van der Waals surface area contributed by atoms with Crippen molar-refractivity contribution < 1.29 is 9.96 Å². The minimum absolute atomic E-state index is 0.518. The molecule has 1 rings (SSSR count). The predicted molar refractivity (Wildman–Crippen MR) is 44.3 cm³/mol. The van der Waals surface area contributed by atoms with Crippen LogP contribution in [-0.2, 0) is 6.67 Å². The molecule has 0 saturated heterocycles. The summed E-state index contributed by atoms with van der Waals surface area (Å²) in [6.07, 6.45) is 0. The Hall–Kier alpha value is -2.46. The summed E-state index contributed by atoms with van der Waals surface area (Å²) in [5.74, 6) is -0.770. The molecular weight excluding hydrogens is 212 g/mol. The molecule has 11 heteroatoms. The zero-order chi connectivity index (χ0) is 11.6. The SMILES string of the molecule is CN(Cn1c([N+](=O)[O-])n[nH]c1=O)[N+](=O)[O-]. The molecule has 0 aliphatic rings. The van der Waals surface area contributed by atoms with E-state index in [1.807, 2.05) is 5.10 Å². The van der Waals surface area contributed by atoms with Gasteiger partial charge in [-0.2, -0.15) is 0 Å². The Morgan fingerprint density at radius 3 is 2.60 bits per heavy atom. The number of nitro groups is 2. The van der Waals surface area contributed by atoms with Crippen molar-refractivity contribution in [2.24, 2.45) is 0 Å². The molecule has 0 spiro atoms. The fourth-order valence-corrected chi connectivity index (χ4v) is 0.833. The van der Waals surface area contributed by atoms with Crippen LogP contribution in [0.2, 0.25) is 0 Å². The number of aromatic amines is 1. The second-order valence-electron chi connectivity index (χ2n) is 2.55. The number of hydrogen-bond donors (Lipinski definition) is 1. The lowest BCUT2D eigenvalue weighted by Crippen LogP contribution is -2.32. The molecule has 1 heterocycles. The number of aromatic nitrogens is 3. The zero-order valence-corrected chi connectivity index (χ0v) is 7.48. The fraction of sp³-hybridized carbons (Fsp3) is 0.500. The van der Waals surface area contributed by atoms with Crippen LogP contribution in [0.25, 0.3) is 0 Å². The van der Waals surface area contributed by atoms with Crippen LogP contribution in [0.1, 0.15) is 0 Å². The van der Waals surface area contributed by atoms with E-state index >= 15 is 0 Å². The number of nitrogens with one attached hydrogen (secondary N) is 1. The van der Waals surface area contributed by atoms with Crippen LogP contribution in [0.3, 0.4) is 0 Å². The minimum Gasteiger partial charge on any atom is -0.390 e. The average Bonchev–Trinajstić information content (AvgIpc) is 2.48. The monoisotopic (exact) mass is 218 g/mol. The summed E-state index contributed by atoms with van der Waals surface area (Å²) in [5, 5.41) is 25.2. The maximum atomic E-state index is 11.0. The first-order valence-electron chi connectivity index (χ1n) is 3.58. The maximum Gasteiger partial charge on any atom is 0.461 e. The van der Waals surface area contributed by atoms with Crippen LogP contribution in [0.15, 0.2) is 4.79 Å². The summed E-state index contributed by atoms with van der Waals surface area (Å²) in [4.78, 5) is 30.7. The molecule has 0 bridgehead atoms. The molecule has 0 aliphatic carbocycles. The van der Waals surface area contributed by atoms with Crippen molar-refractivity contribution in [3.63, 3.8) is 0 Å². The number of H-pyrrole nitrogens is 1. The van der Waals surface area contributed by atoms with E-state index in [1.54, 1.807) is 0 Å². The van der Waals surface area contributed by atoms with Gasteiger partial charge >= 0.3 is 11.6 Å². The molecule has 0 atom stereocenters. The number of hydrogen-bond acceptors (Lipinski definition) is 6. The number of hydrazine groups is 1. The van der Waals surface area contributed by atoms with E-state index in [4.69, 9.17) is 0 Å². The number of rotatable bonds is 4. The molecule has 0 saturated carbocycles. The molecule has 1 aromatic heterocycles. The van der Waals surface area contributed by atoms with Crippen LogP contribution in [0.4, 0.5) is 5.95 Å². The molecule has 0 unspecified atom stereocenters. The van der Waals surface area contributed by atoms with Gasteiger partial charge in [-0.15, -0.1) is 9.67 Å². The van der Waals surface area contributed by atoms with E-state index in [0.717, 1.165) is 7.05 Å². The van der Waals surface area contributed by atoms with Crippen molar-refractivity contribution in [2.45, 2.75) is 6.67 Å². The summed E-state index contributed by atoms with van der Waals surface area (Å²) < 4.78 is 0.544. The highest BCUT2D eigenvalue weighted by molar-refractivity contribution is 5.01. The quantitative estimate of drug-likeness (QED) is 0.481. The van der Waals surface area contributed by atoms with E-state index in [-0.39, 0.29) is 0 Å². The largest absolute Gasteiger partial charge is 0.461 e. The molecule has 11 nitrogen and oxygen atoms in total. The highest BCUT2D eigenvalue weighted by Crippen LogP contribution is 2.02. The van der Waals surface area contributed by atoms with Crippen LogP contribution in [0.5, 0.6) is 0 Å². The first-order valence-corrected chi connectivity index (χ1v) is 3.58. The molecule has 0 fully saturated rings. The summed E-state index contributed by atoms with van der Waals surface area (Å²) >= 11 is 0. The summed E-state index contributed by atoms with van der Waals surface area (Å²) in [5.41, 5.74) is -0.879. The number of nitrogens with zero attached hydrogens (tertiary/aromatic N) is 5. The first kappa shape index (κ1) is 10.6. The van der Waals surface area contributed by atoms with Crippen LogP contribution in [-0.4, -0.2) is 36.8 Å². The van der Waals surface area contributed by atoms with Gasteiger partial charge in [-0.25, -0.2) is 14.9 Å². The summed E-state index contributed by atoms with van der Waals surface area (Å²) in [6, 6.07) is 0. The third-order valence-corrected chi connectivity index (χ3v) is 1.53. The van der Waals surface area contributed by atoms with Gasteiger partial charge in [0.2, 0.25) is 6.67 Å². The molecule has 1 N–H and O–H groups in total. The van der Waals surface area contributed by atoms with E-state index in [2.05, 4.69) is 5.10 Å². The highest BCUT2D eigenvalue weighted by Gasteiger charge is 2.23. The van der Waals surface area contributed by atoms with Crippen molar-refractivity contribution in [3.05, 3.63) is 30.7 Å². The van der Waals surface area contributed by atoms with Gasteiger partial charge < -0.3 is 10.1 Å².